The summed E-state index contributed by atoms with van der Waals surface area (Å²) in [5, 5.41) is 3.02. The van der Waals surface area contributed by atoms with Crippen LogP contribution < -0.4 is 5.32 Å². The molecule has 1 aliphatic heterocycles. The van der Waals surface area contributed by atoms with Crippen molar-refractivity contribution >= 4 is 5.91 Å². The third-order valence-electron chi connectivity index (χ3n) is 4.56. The number of carbonyl (C=O) groups excluding carboxylic acids is 1. The van der Waals surface area contributed by atoms with Crippen molar-refractivity contribution in [1.29, 1.82) is 0 Å². The molecule has 1 N–H and O–H groups in total. The molecule has 0 spiro atoms. The highest BCUT2D eigenvalue weighted by Gasteiger charge is 2.13. The van der Waals surface area contributed by atoms with Gasteiger partial charge in [-0.05, 0) is 56.4 Å². The number of aromatic nitrogens is 1. The van der Waals surface area contributed by atoms with Crippen LogP contribution in [0.4, 0.5) is 0 Å². The van der Waals surface area contributed by atoms with Gasteiger partial charge >= 0.3 is 0 Å². The maximum atomic E-state index is 12.2. The van der Waals surface area contributed by atoms with Crippen molar-refractivity contribution in [2.45, 2.75) is 6.42 Å². The van der Waals surface area contributed by atoms with Gasteiger partial charge in [0.05, 0.1) is 0 Å². The predicted octanol–water partition coefficient (Wildman–Crippen LogP) is 1.84. The van der Waals surface area contributed by atoms with Crippen LogP contribution in [-0.2, 0) is 0 Å². The maximum absolute atomic E-state index is 12.2. The molecular formula is C19H26N4O. The Labute approximate surface area is 143 Å². The van der Waals surface area contributed by atoms with Crippen LogP contribution in [0.1, 0.15) is 16.8 Å². The van der Waals surface area contributed by atoms with Crippen molar-refractivity contribution in [2.75, 3.05) is 46.3 Å². The number of hydrogen-bond donors (Lipinski definition) is 1. The number of amides is 1. The molecule has 24 heavy (non-hydrogen) atoms. The van der Waals surface area contributed by atoms with Crippen molar-refractivity contribution < 1.29 is 4.79 Å². The third kappa shape index (κ3) is 4.46. The fraction of sp³-hybridized carbons (Fsp3) is 0.421. The summed E-state index contributed by atoms with van der Waals surface area (Å²) >= 11 is 0. The molecule has 5 heteroatoms. The molecule has 0 atom stereocenters. The number of nitrogens with one attached hydrogen (secondary N) is 1. The van der Waals surface area contributed by atoms with E-state index < -0.39 is 0 Å². The first-order valence-corrected chi connectivity index (χ1v) is 8.65. The summed E-state index contributed by atoms with van der Waals surface area (Å²) in [5.74, 6) is 0.00688. The summed E-state index contributed by atoms with van der Waals surface area (Å²) in [7, 11) is 2.17. The normalized spacial score (nSPS) is 16.2. The van der Waals surface area contributed by atoms with E-state index in [1.54, 1.807) is 0 Å². The van der Waals surface area contributed by atoms with Crippen LogP contribution in [0.15, 0.2) is 48.8 Å². The number of hydrogen-bond acceptors (Lipinski definition) is 3. The van der Waals surface area contributed by atoms with Gasteiger partial charge < -0.3 is 19.7 Å². The van der Waals surface area contributed by atoms with E-state index in [-0.39, 0.29) is 5.91 Å². The van der Waals surface area contributed by atoms with Gasteiger partial charge in [0.15, 0.2) is 0 Å². The van der Waals surface area contributed by atoms with Gasteiger partial charge in [-0.1, -0.05) is 0 Å². The molecule has 0 bridgehead atoms. The number of benzene rings is 1. The maximum Gasteiger partial charge on any atom is 0.251 e. The quantitative estimate of drug-likeness (QED) is 0.824. The highest BCUT2D eigenvalue weighted by Crippen LogP contribution is 2.10. The molecular weight excluding hydrogens is 300 g/mol. The van der Waals surface area contributed by atoms with Gasteiger partial charge in [0.2, 0.25) is 0 Å². The molecule has 128 valence electrons. The number of rotatable bonds is 6. The van der Waals surface area contributed by atoms with Gasteiger partial charge in [-0.25, -0.2) is 0 Å². The number of piperazine rings is 1. The summed E-state index contributed by atoms with van der Waals surface area (Å²) in [6, 6.07) is 11.7. The van der Waals surface area contributed by atoms with Gasteiger partial charge in [0.25, 0.3) is 5.91 Å². The van der Waals surface area contributed by atoms with Crippen molar-refractivity contribution in [1.82, 2.24) is 19.7 Å². The van der Waals surface area contributed by atoms with E-state index in [0.717, 1.165) is 51.4 Å². The summed E-state index contributed by atoms with van der Waals surface area (Å²) < 4.78 is 2.03. The first-order chi connectivity index (χ1) is 11.7. The number of carbonyl (C=O) groups is 1. The molecule has 1 aromatic carbocycles. The Morgan fingerprint density at radius 1 is 1.04 bits per heavy atom. The number of likely N-dealkylation sites (N-methyl/N-ethyl adjacent to an activating group) is 1. The van der Waals surface area contributed by atoms with Gasteiger partial charge in [-0.15, -0.1) is 0 Å². The third-order valence-corrected chi connectivity index (χ3v) is 4.56. The lowest BCUT2D eigenvalue weighted by Gasteiger charge is -2.32. The Morgan fingerprint density at radius 2 is 1.71 bits per heavy atom. The second kappa shape index (κ2) is 8.13. The Balaban J connectivity index is 1.40. The van der Waals surface area contributed by atoms with E-state index in [1.807, 2.05) is 53.4 Å². The van der Waals surface area contributed by atoms with Crippen LogP contribution in [0.5, 0.6) is 0 Å². The van der Waals surface area contributed by atoms with E-state index in [9.17, 15) is 4.79 Å². The molecule has 1 fully saturated rings. The molecule has 2 heterocycles. The number of nitrogens with zero attached hydrogens (tertiary/aromatic N) is 3. The molecule has 0 aliphatic carbocycles. The zero-order valence-corrected chi connectivity index (χ0v) is 14.3. The molecule has 0 radical (unpaired) electrons. The van der Waals surface area contributed by atoms with Gasteiger partial charge in [-0.3, -0.25) is 4.79 Å². The lowest BCUT2D eigenvalue weighted by atomic mass is 10.2. The smallest absolute Gasteiger partial charge is 0.251 e. The SMILES string of the molecule is CN1CCN(CCCNC(=O)c2ccc(-n3cccc3)cc2)CC1. The van der Waals surface area contributed by atoms with E-state index >= 15 is 0 Å². The second-order valence-electron chi connectivity index (χ2n) is 6.39. The fourth-order valence-electron chi connectivity index (χ4n) is 2.97. The van der Waals surface area contributed by atoms with Crippen molar-refractivity contribution in [3.63, 3.8) is 0 Å². The molecule has 3 rings (SSSR count). The van der Waals surface area contributed by atoms with Crippen molar-refractivity contribution in [3.8, 4) is 5.69 Å². The van der Waals surface area contributed by atoms with Gasteiger partial charge in [0, 0.05) is 56.4 Å². The Kier molecular flexibility index (Phi) is 5.67. The predicted molar refractivity (Wildman–Crippen MR) is 96.7 cm³/mol. The first kappa shape index (κ1) is 16.7. The Morgan fingerprint density at radius 3 is 2.38 bits per heavy atom. The lowest BCUT2D eigenvalue weighted by molar-refractivity contribution is 0.0949. The highest BCUT2D eigenvalue weighted by atomic mass is 16.1. The molecule has 0 saturated carbocycles. The summed E-state index contributed by atoms with van der Waals surface area (Å²) in [5.41, 5.74) is 1.78. The van der Waals surface area contributed by atoms with E-state index in [0.29, 0.717) is 5.56 Å². The molecule has 0 unspecified atom stereocenters. The fourth-order valence-corrected chi connectivity index (χ4v) is 2.97. The lowest BCUT2D eigenvalue weighted by Crippen LogP contribution is -2.45. The van der Waals surface area contributed by atoms with Crippen LogP contribution in [0, 0.1) is 0 Å². The molecule has 2 aromatic rings. The molecule has 1 aliphatic rings. The van der Waals surface area contributed by atoms with Gasteiger partial charge in [-0.2, -0.15) is 0 Å². The molecule has 1 amide bonds. The largest absolute Gasteiger partial charge is 0.352 e. The standard InChI is InChI=1S/C19H26N4O/c1-21-13-15-22(16-14-21)10-4-9-20-19(24)17-5-7-18(8-6-17)23-11-2-3-12-23/h2-3,5-8,11-12H,4,9-10,13-16H2,1H3,(H,20,24). The van der Waals surface area contributed by atoms with Crippen LogP contribution in [0.2, 0.25) is 0 Å². The average molecular weight is 326 g/mol. The monoisotopic (exact) mass is 326 g/mol. The van der Waals surface area contributed by atoms with Crippen LogP contribution in [0.25, 0.3) is 5.69 Å². The molecule has 1 aromatic heterocycles. The Bertz CT molecular complexity index is 628. The summed E-state index contributed by atoms with van der Waals surface area (Å²) in [6.45, 7) is 6.32. The second-order valence-corrected chi connectivity index (χ2v) is 6.39. The van der Waals surface area contributed by atoms with Crippen molar-refractivity contribution in [3.05, 3.63) is 54.4 Å². The van der Waals surface area contributed by atoms with Gasteiger partial charge in [0.1, 0.15) is 0 Å². The first-order valence-electron chi connectivity index (χ1n) is 8.65. The highest BCUT2D eigenvalue weighted by molar-refractivity contribution is 5.94. The minimum absolute atomic E-state index is 0.00688. The summed E-state index contributed by atoms with van der Waals surface area (Å²) in [6.07, 6.45) is 4.98. The minimum Gasteiger partial charge on any atom is -0.352 e. The van der Waals surface area contributed by atoms with Crippen LogP contribution in [-0.4, -0.2) is 66.6 Å². The van der Waals surface area contributed by atoms with Crippen LogP contribution >= 0.6 is 0 Å². The summed E-state index contributed by atoms with van der Waals surface area (Å²) in [4.78, 5) is 17.0. The van der Waals surface area contributed by atoms with E-state index in [4.69, 9.17) is 0 Å². The minimum atomic E-state index is 0.00688. The van der Waals surface area contributed by atoms with E-state index in [2.05, 4.69) is 22.2 Å². The topological polar surface area (TPSA) is 40.5 Å². The zero-order valence-electron chi connectivity index (χ0n) is 14.3. The molecule has 5 nitrogen and oxygen atoms in total. The zero-order chi connectivity index (χ0) is 16.8. The molecule has 1 saturated heterocycles. The van der Waals surface area contributed by atoms with Crippen LogP contribution in [0.3, 0.4) is 0 Å². The average Bonchev–Trinajstić information content (AvgIpc) is 3.15. The van der Waals surface area contributed by atoms with E-state index in [1.165, 1.54) is 0 Å². The van der Waals surface area contributed by atoms with Crippen molar-refractivity contribution in [2.24, 2.45) is 0 Å². The Hall–Kier alpha value is -2.11.